The van der Waals surface area contributed by atoms with Crippen LogP contribution in [0.2, 0.25) is 0 Å². The number of hydrogen-bond donors (Lipinski definition) is 1. The number of aromatic hydroxyl groups is 1. The van der Waals surface area contributed by atoms with E-state index in [9.17, 15) is 0 Å². The topological polar surface area (TPSA) is 38.7 Å². The van der Waals surface area contributed by atoms with E-state index in [2.05, 4.69) is 13.0 Å². The predicted octanol–water partition coefficient (Wildman–Crippen LogP) is 6.22. The van der Waals surface area contributed by atoms with Crippen LogP contribution in [0.25, 0.3) is 0 Å². The van der Waals surface area contributed by atoms with Crippen LogP contribution in [0, 0.1) is 13.8 Å². The lowest BCUT2D eigenvalue weighted by Gasteiger charge is -2.09. The van der Waals surface area contributed by atoms with Gasteiger partial charge in [-0.2, -0.15) is 0 Å². The summed E-state index contributed by atoms with van der Waals surface area (Å²) >= 11 is 0. The molecule has 0 spiro atoms. The van der Waals surface area contributed by atoms with E-state index in [0.29, 0.717) is 5.75 Å². The molecule has 1 unspecified atom stereocenters. The van der Waals surface area contributed by atoms with Crippen LogP contribution in [0.3, 0.4) is 0 Å². The van der Waals surface area contributed by atoms with E-state index in [1.54, 1.807) is 6.07 Å². The van der Waals surface area contributed by atoms with Crippen molar-refractivity contribution in [1.82, 2.24) is 0 Å². The highest BCUT2D eigenvalue weighted by Crippen LogP contribution is 2.27. The first kappa shape index (κ1) is 19.8. The van der Waals surface area contributed by atoms with Gasteiger partial charge in [0.1, 0.15) is 17.2 Å². The summed E-state index contributed by atoms with van der Waals surface area (Å²) in [6.07, 6.45) is 0.964. The fourth-order valence-corrected chi connectivity index (χ4v) is 2.87. The van der Waals surface area contributed by atoms with Crippen molar-refractivity contribution in [3.63, 3.8) is 0 Å². The van der Waals surface area contributed by atoms with Crippen LogP contribution in [-0.2, 0) is 6.42 Å². The molecule has 3 nitrogen and oxygen atoms in total. The molecule has 0 heterocycles. The van der Waals surface area contributed by atoms with Crippen molar-refractivity contribution in [3.8, 4) is 17.2 Å². The van der Waals surface area contributed by atoms with Crippen LogP contribution >= 0.6 is 9.03 Å². The molecular weight excluding hydrogens is 343 g/mol. The first-order chi connectivity index (χ1) is 12.6. The van der Waals surface area contributed by atoms with E-state index >= 15 is 0 Å². The van der Waals surface area contributed by atoms with Crippen LogP contribution in [0.4, 0.5) is 0 Å². The number of aryl methyl sites for hydroxylation is 3. The Kier molecular flexibility index (Phi) is 7.98. The lowest BCUT2D eigenvalue weighted by Crippen LogP contribution is -1.89. The van der Waals surface area contributed by atoms with Crippen LogP contribution in [0.1, 0.15) is 23.6 Å². The minimum Gasteiger partial charge on any atom is -0.508 e. The van der Waals surface area contributed by atoms with Crippen molar-refractivity contribution in [2.45, 2.75) is 27.2 Å². The largest absolute Gasteiger partial charge is 0.508 e. The van der Waals surface area contributed by atoms with Gasteiger partial charge >= 0.3 is 0 Å². The Morgan fingerprint density at radius 1 is 0.846 bits per heavy atom. The molecule has 4 heteroatoms. The monoisotopic (exact) mass is 368 g/mol. The average molecular weight is 368 g/mol. The number of phenolic OH excluding ortho intramolecular Hbond substituents is 1. The summed E-state index contributed by atoms with van der Waals surface area (Å²) in [7, 11) is -0.0135. The Bertz CT molecular complexity index is 803. The number of phenols is 1. The van der Waals surface area contributed by atoms with Gasteiger partial charge in [0, 0.05) is 0 Å². The molecule has 0 aliphatic carbocycles. The van der Waals surface area contributed by atoms with Gasteiger partial charge in [-0.1, -0.05) is 61.0 Å². The van der Waals surface area contributed by atoms with Gasteiger partial charge in [-0.25, -0.2) is 0 Å². The Labute approximate surface area is 157 Å². The van der Waals surface area contributed by atoms with Crippen LogP contribution in [0.15, 0.2) is 72.8 Å². The van der Waals surface area contributed by atoms with Gasteiger partial charge in [0.2, 0.25) is 0 Å². The molecule has 0 aliphatic heterocycles. The third-order valence-electron chi connectivity index (χ3n) is 3.76. The molecule has 0 aromatic heterocycles. The second-order valence-electron chi connectivity index (χ2n) is 5.85. The third-order valence-corrected chi connectivity index (χ3v) is 4.38. The molecule has 3 aromatic carbocycles. The van der Waals surface area contributed by atoms with E-state index in [1.807, 2.05) is 74.5 Å². The van der Waals surface area contributed by atoms with E-state index in [0.717, 1.165) is 23.5 Å². The number of benzene rings is 3. The zero-order valence-electron chi connectivity index (χ0n) is 15.4. The normalized spacial score (nSPS) is 10.3. The smallest absolute Gasteiger partial charge is 0.275 e. The van der Waals surface area contributed by atoms with Crippen LogP contribution < -0.4 is 9.05 Å². The second kappa shape index (κ2) is 10.5. The number of para-hydroxylation sites is 2. The SMILES string of the molecule is CCc1ccccc1OPOc1ccccc1.Cc1ccc(O)c(C)c1. The molecule has 3 rings (SSSR count). The summed E-state index contributed by atoms with van der Waals surface area (Å²) in [6.45, 7) is 6.01. The minimum absolute atomic E-state index is 0.0135. The molecule has 1 atom stereocenters. The van der Waals surface area contributed by atoms with Gasteiger partial charge in [0.05, 0.1) is 0 Å². The molecule has 0 radical (unpaired) electrons. The average Bonchev–Trinajstić information content (AvgIpc) is 2.67. The molecule has 26 heavy (non-hydrogen) atoms. The highest BCUT2D eigenvalue weighted by Gasteiger charge is 2.01. The molecule has 3 aromatic rings. The third kappa shape index (κ3) is 6.42. The lowest BCUT2D eigenvalue weighted by molar-refractivity contribution is 0.471. The van der Waals surface area contributed by atoms with Gasteiger partial charge < -0.3 is 14.2 Å². The summed E-state index contributed by atoms with van der Waals surface area (Å²) < 4.78 is 11.2. The standard InChI is InChI=1S/C14H15O2P.C8H10O/c1-2-12-8-6-7-11-14(12)16-17-15-13-9-4-3-5-10-13;1-6-3-4-8(9)7(2)5-6/h3-11,17H,2H2,1H3;3-5,9H,1-2H3. The first-order valence-electron chi connectivity index (χ1n) is 8.58. The van der Waals surface area contributed by atoms with Crippen molar-refractivity contribution in [1.29, 1.82) is 0 Å². The molecule has 0 amide bonds. The van der Waals surface area contributed by atoms with Gasteiger partial charge in [0.25, 0.3) is 9.03 Å². The summed E-state index contributed by atoms with van der Waals surface area (Å²) in [6, 6.07) is 23.3. The Morgan fingerprint density at radius 2 is 1.54 bits per heavy atom. The van der Waals surface area contributed by atoms with Gasteiger partial charge in [-0.15, -0.1) is 0 Å². The van der Waals surface area contributed by atoms with Gasteiger partial charge in [-0.3, -0.25) is 0 Å². The minimum atomic E-state index is -0.0135. The quantitative estimate of drug-likeness (QED) is 0.543. The van der Waals surface area contributed by atoms with Gasteiger partial charge in [0.15, 0.2) is 0 Å². The Balaban J connectivity index is 0.000000228. The fourth-order valence-electron chi connectivity index (χ4n) is 2.30. The van der Waals surface area contributed by atoms with E-state index in [1.165, 1.54) is 11.1 Å². The first-order valence-corrected chi connectivity index (χ1v) is 9.39. The lowest BCUT2D eigenvalue weighted by atomic mass is 10.1. The molecule has 0 aliphatic rings. The summed E-state index contributed by atoms with van der Waals surface area (Å²) in [5.74, 6) is 2.12. The second-order valence-corrected chi connectivity index (χ2v) is 6.43. The molecule has 1 N–H and O–H groups in total. The van der Waals surface area contributed by atoms with Crippen molar-refractivity contribution >= 4 is 9.03 Å². The number of hydrogen-bond acceptors (Lipinski definition) is 3. The summed E-state index contributed by atoms with van der Waals surface area (Å²) in [4.78, 5) is 0. The van der Waals surface area contributed by atoms with Crippen molar-refractivity contribution < 1.29 is 14.2 Å². The molecule has 0 fully saturated rings. The maximum absolute atomic E-state index is 9.04. The van der Waals surface area contributed by atoms with Gasteiger partial charge in [-0.05, 0) is 55.7 Å². The van der Waals surface area contributed by atoms with Crippen LogP contribution in [0.5, 0.6) is 17.2 Å². The molecule has 136 valence electrons. The highest BCUT2D eigenvalue weighted by atomic mass is 31.1. The molecule has 0 saturated carbocycles. The highest BCUT2D eigenvalue weighted by molar-refractivity contribution is 7.27. The zero-order valence-corrected chi connectivity index (χ0v) is 16.4. The summed E-state index contributed by atoms with van der Waals surface area (Å²) in [5.41, 5.74) is 3.33. The van der Waals surface area contributed by atoms with E-state index in [4.69, 9.17) is 14.2 Å². The Hall–Kier alpha value is -2.51. The maximum atomic E-state index is 9.04. The van der Waals surface area contributed by atoms with Crippen LogP contribution in [-0.4, -0.2) is 5.11 Å². The predicted molar refractivity (Wildman–Crippen MR) is 109 cm³/mol. The van der Waals surface area contributed by atoms with Crippen molar-refractivity contribution in [3.05, 3.63) is 89.5 Å². The fraction of sp³-hybridized carbons (Fsp3) is 0.182. The molecule has 0 bridgehead atoms. The van der Waals surface area contributed by atoms with Crippen molar-refractivity contribution in [2.75, 3.05) is 0 Å². The van der Waals surface area contributed by atoms with Crippen molar-refractivity contribution in [2.24, 2.45) is 0 Å². The van der Waals surface area contributed by atoms with E-state index < -0.39 is 0 Å². The molecule has 0 saturated heterocycles. The molecular formula is C22H25O3P. The maximum Gasteiger partial charge on any atom is 0.275 e. The Morgan fingerprint density at radius 3 is 2.19 bits per heavy atom. The zero-order chi connectivity index (χ0) is 18.8. The van der Waals surface area contributed by atoms with E-state index in [-0.39, 0.29) is 9.03 Å². The summed E-state index contributed by atoms with van der Waals surface area (Å²) in [5, 5.41) is 9.04. The number of rotatable bonds is 5.